The Morgan fingerprint density at radius 3 is 2.41 bits per heavy atom. The normalized spacial score (nSPS) is 16.5. The fraction of sp³-hybridized carbons (Fsp3) is 0.435. The number of hydrogen-bond donors (Lipinski definition) is 1. The van der Waals surface area contributed by atoms with Crippen LogP contribution in [0, 0.1) is 6.92 Å². The number of nitrogens with one attached hydrogen (secondary N) is 1. The van der Waals surface area contributed by atoms with Crippen molar-refractivity contribution in [3.63, 3.8) is 0 Å². The van der Waals surface area contributed by atoms with Gasteiger partial charge in [0, 0.05) is 12.6 Å². The van der Waals surface area contributed by atoms with Crippen molar-refractivity contribution in [3.05, 3.63) is 53.1 Å². The molecule has 1 fully saturated rings. The first-order chi connectivity index (χ1) is 14.1. The summed E-state index contributed by atoms with van der Waals surface area (Å²) in [5.41, 5.74) is 3.49. The van der Waals surface area contributed by atoms with Crippen LogP contribution in [0.2, 0.25) is 0 Å². The lowest BCUT2D eigenvalue weighted by molar-refractivity contribution is -0.122. The minimum atomic E-state index is 0.0132. The second-order valence-corrected chi connectivity index (χ2v) is 7.30. The molecule has 1 N–H and O–H groups in total. The average molecular weight is 399 g/mol. The summed E-state index contributed by atoms with van der Waals surface area (Å²) < 4.78 is 16.1. The van der Waals surface area contributed by atoms with E-state index in [1.54, 1.807) is 21.3 Å². The SMILES string of the molecule is COc1cc(CNC(=O)CN2CCCC2c2ccccc2C)cc(OC)c1OC. The van der Waals surface area contributed by atoms with E-state index >= 15 is 0 Å². The average Bonchev–Trinajstić information content (AvgIpc) is 3.19. The van der Waals surface area contributed by atoms with Crippen LogP contribution < -0.4 is 19.5 Å². The van der Waals surface area contributed by atoms with E-state index in [1.807, 2.05) is 12.1 Å². The zero-order valence-electron chi connectivity index (χ0n) is 17.7. The molecule has 2 aromatic carbocycles. The Bertz CT molecular complexity index is 828. The van der Waals surface area contributed by atoms with Gasteiger partial charge in [0.05, 0.1) is 27.9 Å². The van der Waals surface area contributed by atoms with Crippen LogP contribution in [-0.2, 0) is 11.3 Å². The molecule has 0 spiro atoms. The number of carbonyl (C=O) groups excluding carboxylic acids is 1. The quantitative estimate of drug-likeness (QED) is 0.738. The largest absolute Gasteiger partial charge is 0.493 e. The Kier molecular flexibility index (Phi) is 6.99. The van der Waals surface area contributed by atoms with Gasteiger partial charge >= 0.3 is 0 Å². The van der Waals surface area contributed by atoms with Gasteiger partial charge in [-0.2, -0.15) is 0 Å². The second-order valence-electron chi connectivity index (χ2n) is 7.30. The third kappa shape index (κ3) is 4.82. The van der Waals surface area contributed by atoms with E-state index in [2.05, 4.69) is 41.4 Å². The minimum absolute atomic E-state index is 0.0132. The smallest absolute Gasteiger partial charge is 0.234 e. The van der Waals surface area contributed by atoms with Gasteiger partial charge in [0.1, 0.15) is 0 Å². The topological polar surface area (TPSA) is 60.0 Å². The van der Waals surface area contributed by atoms with Crippen molar-refractivity contribution in [1.29, 1.82) is 0 Å². The fourth-order valence-corrected chi connectivity index (χ4v) is 4.01. The molecule has 1 amide bonds. The van der Waals surface area contributed by atoms with Crippen LogP contribution >= 0.6 is 0 Å². The molecule has 3 rings (SSSR count). The minimum Gasteiger partial charge on any atom is -0.493 e. The molecule has 0 bridgehead atoms. The van der Waals surface area contributed by atoms with E-state index in [9.17, 15) is 4.79 Å². The number of carbonyl (C=O) groups is 1. The Balaban J connectivity index is 1.63. The third-order valence-corrected chi connectivity index (χ3v) is 5.47. The number of aryl methyl sites for hydroxylation is 1. The van der Waals surface area contributed by atoms with E-state index < -0.39 is 0 Å². The molecule has 1 atom stereocenters. The van der Waals surface area contributed by atoms with Gasteiger partial charge in [-0.3, -0.25) is 9.69 Å². The van der Waals surface area contributed by atoms with Crippen LogP contribution in [0.15, 0.2) is 36.4 Å². The molecule has 0 aliphatic carbocycles. The first-order valence-electron chi connectivity index (χ1n) is 9.92. The summed E-state index contributed by atoms with van der Waals surface area (Å²) in [7, 11) is 4.74. The van der Waals surface area contributed by atoms with Crippen molar-refractivity contribution in [2.45, 2.75) is 32.4 Å². The maximum Gasteiger partial charge on any atom is 0.234 e. The molecular formula is C23H30N2O4. The standard InChI is InChI=1S/C23H30N2O4/c1-16-8-5-6-9-18(16)19-10-7-11-25(19)15-22(26)24-14-17-12-20(27-2)23(29-4)21(13-17)28-3/h5-6,8-9,12-13,19H,7,10-11,14-15H2,1-4H3,(H,24,26). The van der Waals surface area contributed by atoms with Gasteiger partial charge in [-0.25, -0.2) is 0 Å². The van der Waals surface area contributed by atoms with Crippen molar-refractivity contribution < 1.29 is 19.0 Å². The highest BCUT2D eigenvalue weighted by atomic mass is 16.5. The van der Waals surface area contributed by atoms with Crippen LogP contribution in [0.3, 0.4) is 0 Å². The number of ether oxygens (including phenoxy) is 3. The van der Waals surface area contributed by atoms with E-state index in [-0.39, 0.29) is 5.91 Å². The maximum absolute atomic E-state index is 12.6. The zero-order valence-corrected chi connectivity index (χ0v) is 17.7. The Labute approximate surface area is 172 Å². The van der Waals surface area contributed by atoms with Crippen molar-refractivity contribution in [1.82, 2.24) is 10.2 Å². The summed E-state index contributed by atoms with van der Waals surface area (Å²) in [6, 6.07) is 12.5. The van der Waals surface area contributed by atoms with Crippen LogP contribution in [-0.4, -0.2) is 45.2 Å². The first kappa shape index (κ1) is 21.0. The molecule has 1 unspecified atom stereocenters. The van der Waals surface area contributed by atoms with E-state index in [0.29, 0.717) is 36.4 Å². The predicted molar refractivity (Wildman–Crippen MR) is 113 cm³/mol. The van der Waals surface area contributed by atoms with Crippen molar-refractivity contribution >= 4 is 5.91 Å². The predicted octanol–water partition coefficient (Wildman–Crippen LogP) is 3.47. The molecule has 29 heavy (non-hydrogen) atoms. The molecule has 2 aromatic rings. The summed E-state index contributed by atoms with van der Waals surface area (Å²) in [6.45, 7) is 3.87. The lowest BCUT2D eigenvalue weighted by Gasteiger charge is -2.25. The highest BCUT2D eigenvalue weighted by molar-refractivity contribution is 5.78. The monoisotopic (exact) mass is 398 g/mol. The number of methoxy groups -OCH3 is 3. The number of hydrogen-bond acceptors (Lipinski definition) is 5. The number of benzene rings is 2. The highest BCUT2D eigenvalue weighted by Crippen LogP contribution is 2.38. The van der Waals surface area contributed by atoms with Crippen LogP contribution in [0.1, 0.15) is 35.6 Å². The van der Waals surface area contributed by atoms with Crippen molar-refractivity contribution in [2.24, 2.45) is 0 Å². The van der Waals surface area contributed by atoms with Gasteiger partial charge in [0.2, 0.25) is 11.7 Å². The molecule has 1 heterocycles. The zero-order chi connectivity index (χ0) is 20.8. The Morgan fingerprint density at radius 1 is 1.10 bits per heavy atom. The summed E-state index contributed by atoms with van der Waals surface area (Å²) in [4.78, 5) is 14.9. The number of likely N-dealkylation sites (tertiary alicyclic amines) is 1. The lowest BCUT2D eigenvalue weighted by Crippen LogP contribution is -2.36. The summed E-state index contributed by atoms with van der Waals surface area (Å²) >= 11 is 0. The van der Waals surface area contributed by atoms with E-state index in [1.165, 1.54) is 11.1 Å². The molecule has 0 aromatic heterocycles. The highest BCUT2D eigenvalue weighted by Gasteiger charge is 2.28. The van der Waals surface area contributed by atoms with Crippen molar-refractivity contribution in [3.8, 4) is 17.2 Å². The number of nitrogens with zero attached hydrogens (tertiary/aromatic N) is 1. The van der Waals surface area contributed by atoms with Gasteiger partial charge in [-0.1, -0.05) is 24.3 Å². The Morgan fingerprint density at radius 2 is 1.79 bits per heavy atom. The van der Waals surface area contributed by atoms with E-state index in [4.69, 9.17) is 14.2 Å². The van der Waals surface area contributed by atoms with Crippen LogP contribution in [0.4, 0.5) is 0 Å². The lowest BCUT2D eigenvalue weighted by atomic mass is 9.99. The fourth-order valence-electron chi connectivity index (χ4n) is 4.01. The molecule has 1 aliphatic heterocycles. The summed E-state index contributed by atoms with van der Waals surface area (Å²) in [5, 5.41) is 3.02. The van der Waals surface area contributed by atoms with Gasteiger partial charge < -0.3 is 19.5 Å². The number of rotatable bonds is 8. The summed E-state index contributed by atoms with van der Waals surface area (Å²) in [5.74, 6) is 1.72. The molecule has 156 valence electrons. The van der Waals surface area contributed by atoms with Crippen molar-refractivity contribution in [2.75, 3.05) is 34.4 Å². The molecule has 0 radical (unpaired) electrons. The molecule has 0 saturated carbocycles. The molecule has 1 aliphatic rings. The number of amides is 1. The van der Waals surface area contributed by atoms with E-state index in [0.717, 1.165) is 24.9 Å². The first-order valence-corrected chi connectivity index (χ1v) is 9.92. The third-order valence-electron chi connectivity index (χ3n) is 5.47. The molecule has 6 heteroatoms. The van der Waals surface area contributed by atoms with Gasteiger partial charge in [0.15, 0.2) is 11.5 Å². The summed E-state index contributed by atoms with van der Waals surface area (Å²) in [6.07, 6.45) is 2.20. The van der Waals surface area contributed by atoms with Crippen LogP contribution in [0.5, 0.6) is 17.2 Å². The second kappa shape index (κ2) is 9.65. The molecular weight excluding hydrogens is 368 g/mol. The Hall–Kier alpha value is -2.73. The molecule has 6 nitrogen and oxygen atoms in total. The van der Waals surface area contributed by atoms with Crippen LogP contribution in [0.25, 0.3) is 0 Å². The molecule has 1 saturated heterocycles. The van der Waals surface area contributed by atoms with Gasteiger partial charge in [-0.05, 0) is 55.1 Å². The maximum atomic E-state index is 12.6. The van der Waals surface area contributed by atoms with Gasteiger partial charge in [-0.15, -0.1) is 0 Å². The van der Waals surface area contributed by atoms with Gasteiger partial charge in [0.25, 0.3) is 0 Å².